The molecule has 2 N–H and O–H groups in total. The van der Waals surface area contributed by atoms with Gasteiger partial charge in [-0.25, -0.2) is 0 Å². The third kappa shape index (κ3) is 6.04. The maximum atomic E-state index is 10.5. The van der Waals surface area contributed by atoms with E-state index in [2.05, 4.69) is 13.0 Å². The number of ether oxygens (including phenoxy) is 1. The van der Waals surface area contributed by atoms with E-state index < -0.39 is 11.2 Å². The molecule has 1 aromatic rings. The Kier molecular flexibility index (Phi) is 6.18. The van der Waals surface area contributed by atoms with Gasteiger partial charge >= 0.3 is 0 Å². The van der Waals surface area contributed by atoms with Crippen molar-refractivity contribution in [2.24, 2.45) is 0 Å². The zero-order valence-electron chi connectivity index (χ0n) is 13.1. The van der Waals surface area contributed by atoms with Gasteiger partial charge in [-0.05, 0) is 51.2 Å². The maximum absolute atomic E-state index is 10.5. The summed E-state index contributed by atoms with van der Waals surface area (Å²) in [7, 11) is 0. The lowest BCUT2D eigenvalue weighted by Crippen LogP contribution is -2.36. The van der Waals surface area contributed by atoms with Gasteiger partial charge in [0.1, 0.15) is 0 Å². The Labute approximate surface area is 122 Å². The molecule has 1 rings (SSSR count). The van der Waals surface area contributed by atoms with Crippen LogP contribution in [0, 0.1) is 6.92 Å². The first-order valence-electron chi connectivity index (χ1n) is 7.33. The summed E-state index contributed by atoms with van der Waals surface area (Å²) in [6.45, 7) is 8.33. The average molecular weight is 280 g/mol. The van der Waals surface area contributed by atoms with Crippen LogP contribution < -0.4 is 0 Å². The summed E-state index contributed by atoms with van der Waals surface area (Å²) in [5.74, 6) is 0. The van der Waals surface area contributed by atoms with Gasteiger partial charge in [-0.2, -0.15) is 0 Å². The molecule has 0 aliphatic rings. The van der Waals surface area contributed by atoms with Crippen molar-refractivity contribution in [3.05, 3.63) is 35.4 Å². The molecule has 20 heavy (non-hydrogen) atoms. The fourth-order valence-corrected chi connectivity index (χ4v) is 2.01. The van der Waals surface area contributed by atoms with Crippen LogP contribution >= 0.6 is 0 Å². The molecule has 1 atom stereocenters. The molecule has 114 valence electrons. The first-order valence-corrected chi connectivity index (χ1v) is 7.33. The van der Waals surface area contributed by atoms with Gasteiger partial charge in [-0.3, -0.25) is 0 Å². The minimum atomic E-state index is -0.858. The molecule has 1 aromatic carbocycles. The summed E-state index contributed by atoms with van der Waals surface area (Å²) in [4.78, 5) is 0. The zero-order chi connectivity index (χ0) is 15.2. The molecule has 0 saturated carbocycles. The van der Waals surface area contributed by atoms with Crippen LogP contribution in [0.1, 0.15) is 51.2 Å². The molecule has 0 saturated heterocycles. The summed E-state index contributed by atoms with van der Waals surface area (Å²) >= 11 is 0. The van der Waals surface area contributed by atoms with Crippen molar-refractivity contribution >= 4 is 0 Å². The first-order chi connectivity index (χ1) is 9.26. The van der Waals surface area contributed by atoms with Crippen LogP contribution in [0.25, 0.3) is 0 Å². The Morgan fingerprint density at radius 3 is 2.30 bits per heavy atom. The molecule has 0 aromatic heterocycles. The lowest BCUT2D eigenvalue weighted by atomic mass is 9.90. The highest BCUT2D eigenvalue weighted by Crippen LogP contribution is 2.23. The maximum Gasteiger partial charge on any atom is 0.0878 e. The van der Waals surface area contributed by atoms with Crippen molar-refractivity contribution < 1.29 is 14.9 Å². The van der Waals surface area contributed by atoms with Crippen molar-refractivity contribution in [1.82, 2.24) is 0 Å². The second kappa shape index (κ2) is 7.21. The molecule has 0 heterocycles. The highest BCUT2D eigenvalue weighted by atomic mass is 16.5. The largest absolute Gasteiger partial charge is 0.390 e. The van der Waals surface area contributed by atoms with Gasteiger partial charge in [-0.1, -0.05) is 31.2 Å². The van der Waals surface area contributed by atoms with Gasteiger partial charge in [0.15, 0.2) is 0 Å². The molecular weight excluding hydrogens is 252 g/mol. The lowest BCUT2D eigenvalue weighted by Gasteiger charge is -2.29. The van der Waals surface area contributed by atoms with E-state index in [0.717, 1.165) is 5.56 Å². The molecule has 1 unspecified atom stereocenters. The highest BCUT2D eigenvalue weighted by molar-refractivity contribution is 5.24. The third-order valence-electron chi connectivity index (χ3n) is 3.75. The quantitative estimate of drug-likeness (QED) is 0.769. The summed E-state index contributed by atoms with van der Waals surface area (Å²) in [5, 5.41) is 20.3. The number of rotatable bonds is 8. The molecule has 0 bridgehead atoms. The fraction of sp³-hybridized carbons (Fsp3) is 0.647. The van der Waals surface area contributed by atoms with Crippen LogP contribution in [0.3, 0.4) is 0 Å². The molecule has 3 nitrogen and oxygen atoms in total. The Bertz CT molecular complexity index is 409. The predicted octanol–water partition coefficient (Wildman–Crippen LogP) is 3.20. The third-order valence-corrected chi connectivity index (χ3v) is 3.75. The summed E-state index contributed by atoms with van der Waals surface area (Å²) in [6.07, 6.45) is 1.72. The number of hydrogen-bond donors (Lipinski definition) is 2. The van der Waals surface area contributed by atoms with E-state index >= 15 is 0 Å². The van der Waals surface area contributed by atoms with Crippen LogP contribution in [0.4, 0.5) is 0 Å². The average Bonchev–Trinajstić information content (AvgIpc) is 2.38. The van der Waals surface area contributed by atoms with Crippen LogP contribution in [-0.4, -0.2) is 28.0 Å². The van der Waals surface area contributed by atoms with Crippen molar-refractivity contribution in [3.8, 4) is 0 Å². The Hall–Kier alpha value is -0.900. The molecule has 0 aliphatic carbocycles. The summed E-state index contributed by atoms with van der Waals surface area (Å²) in [5.41, 5.74) is 0.736. The van der Waals surface area contributed by atoms with Crippen LogP contribution in [0.2, 0.25) is 0 Å². The molecule has 3 heteroatoms. The lowest BCUT2D eigenvalue weighted by molar-refractivity contribution is -0.0716. The standard InChI is InChI=1S/C17H28O3/c1-5-17(19,11-10-16(3,4)18)13-20-12-15-9-7-6-8-14(15)2/h6-9,18-19H,5,10-13H2,1-4H3. The Morgan fingerprint density at radius 1 is 1.10 bits per heavy atom. The van der Waals surface area contributed by atoms with Gasteiger partial charge in [0.05, 0.1) is 24.4 Å². The van der Waals surface area contributed by atoms with Gasteiger partial charge in [0.2, 0.25) is 0 Å². The molecule has 0 amide bonds. The van der Waals surface area contributed by atoms with Gasteiger partial charge in [0.25, 0.3) is 0 Å². The van der Waals surface area contributed by atoms with Crippen molar-refractivity contribution in [3.63, 3.8) is 0 Å². The van der Waals surface area contributed by atoms with Crippen molar-refractivity contribution in [2.45, 2.75) is 64.8 Å². The molecule has 0 radical (unpaired) electrons. The minimum absolute atomic E-state index is 0.300. The van der Waals surface area contributed by atoms with Crippen molar-refractivity contribution in [2.75, 3.05) is 6.61 Å². The van der Waals surface area contributed by atoms with E-state index in [0.29, 0.717) is 32.5 Å². The highest BCUT2D eigenvalue weighted by Gasteiger charge is 2.28. The molecule has 0 aliphatic heterocycles. The van der Waals surface area contributed by atoms with Crippen LogP contribution in [0.15, 0.2) is 24.3 Å². The topological polar surface area (TPSA) is 49.7 Å². The van der Waals surface area contributed by atoms with E-state index in [1.807, 2.05) is 25.1 Å². The van der Waals surface area contributed by atoms with Crippen molar-refractivity contribution in [1.29, 1.82) is 0 Å². The monoisotopic (exact) mass is 280 g/mol. The van der Waals surface area contributed by atoms with Gasteiger partial charge < -0.3 is 14.9 Å². The van der Waals surface area contributed by atoms with E-state index in [1.54, 1.807) is 13.8 Å². The summed E-state index contributed by atoms with van der Waals surface area (Å²) < 4.78 is 5.69. The molecule has 0 spiro atoms. The number of aliphatic hydroxyl groups is 2. The smallest absolute Gasteiger partial charge is 0.0878 e. The molecular formula is C17H28O3. The number of aryl methyl sites for hydroxylation is 1. The summed E-state index contributed by atoms with van der Waals surface area (Å²) in [6, 6.07) is 8.09. The molecule has 0 fully saturated rings. The van der Waals surface area contributed by atoms with E-state index in [1.165, 1.54) is 5.56 Å². The Balaban J connectivity index is 2.46. The zero-order valence-corrected chi connectivity index (χ0v) is 13.1. The fourth-order valence-electron chi connectivity index (χ4n) is 2.01. The number of benzene rings is 1. The first kappa shape index (κ1) is 17.2. The predicted molar refractivity (Wildman–Crippen MR) is 81.6 cm³/mol. The van der Waals surface area contributed by atoms with E-state index in [9.17, 15) is 10.2 Å². The van der Waals surface area contributed by atoms with Crippen LogP contribution in [0.5, 0.6) is 0 Å². The number of hydrogen-bond acceptors (Lipinski definition) is 3. The van der Waals surface area contributed by atoms with E-state index in [-0.39, 0.29) is 0 Å². The normalized spacial score (nSPS) is 15.1. The van der Waals surface area contributed by atoms with Gasteiger partial charge in [-0.15, -0.1) is 0 Å². The van der Waals surface area contributed by atoms with Gasteiger partial charge in [0, 0.05) is 0 Å². The second-order valence-corrected chi connectivity index (χ2v) is 6.31. The second-order valence-electron chi connectivity index (χ2n) is 6.31. The van der Waals surface area contributed by atoms with Crippen LogP contribution in [-0.2, 0) is 11.3 Å². The van der Waals surface area contributed by atoms with E-state index in [4.69, 9.17) is 4.74 Å². The Morgan fingerprint density at radius 2 is 1.75 bits per heavy atom. The minimum Gasteiger partial charge on any atom is -0.390 e. The SMILES string of the molecule is CCC(O)(CCC(C)(C)O)COCc1ccccc1C.